The number of hydrogen-bond donors (Lipinski definition) is 1. The zero-order valence-electron chi connectivity index (χ0n) is 13.8. The number of pyridine rings is 2. The number of aryl methyl sites for hydroxylation is 1. The third-order valence-electron chi connectivity index (χ3n) is 3.93. The van der Waals surface area contributed by atoms with Gasteiger partial charge in [-0.1, -0.05) is 36.4 Å². The summed E-state index contributed by atoms with van der Waals surface area (Å²) in [5, 5.41) is 7.78. The van der Waals surface area contributed by atoms with E-state index >= 15 is 0 Å². The van der Waals surface area contributed by atoms with Crippen molar-refractivity contribution in [3.05, 3.63) is 79.1 Å². The molecule has 5 nitrogen and oxygen atoms in total. The van der Waals surface area contributed by atoms with Crippen LogP contribution >= 0.6 is 0 Å². The quantitative estimate of drug-likeness (QED) is 0.607. The summed E-state index contributed by atoms with van der Waals surface area (Å²) in [7, 11) is 1.91. The van der Waals surface area contributed by atoms with E-state index in [1.54, 1.807) is 12.4 Å². The fraction of sp³-hybridized carbons (Fsp3) is 0.0500. The molecular weight excluding hydrogens is 310 g/mol. The second kappa shape index (κ2) is 6.57. The van der Waals surface area contributed by atoms with Crippen molar-refractivity contribution in [2.75, 3.05) is 5.32 Å². The third-order valence-corrected chi connectivity index (χ3v) is 3.93. The molecule has 1 aromatic carbocycles. The van der Waals surface area contributed by atoms with Crippen LogP contribution in [0.1, 0.15) is 0 Å². The first-order chi connectivity index (χ1) is 12.3. The molecule has 0 saturated carbocycles. The van der Waals surface area contributed by atoms with Gasteiger partial charge in [-0.15, -0.1) is 0 Å². The van der Waals surface area contributed by atoms with Crippen LogP contribution in [0.3, 0.4) is 0 Å². The molecule has 122 valence electrons. The minimum atomic E-state index is 0.737. The Bertz CT molecular complexity index is 977. The summed E-state index contributed by atoms with van der Waals surface area (Å²) in [5.41, 5.74) is 4.10. The van der Waals surface area contributed by atoms with Gasteiger partial charge in [0.1, 0.15) is 5.82 Å². The van der Waals surface area contributed by atoms with Crippen molar-refractivity contribution < 1.29 is 0 Å². The molecule has 0 aliphatic carbocycles. The number of nitrogens with one attached hydrogen (secondary N) is 1. The molecule has 0 atom stereocenters. The number of aromatic nitrogens is 4. The average Bonchev–Trinajstić information content (AvgIpc) is 3.03. The highest BCUT2D eigenvalue weighted by atomic mass is 15.3. The second-order valence-corrected chi connectivity index (χ2v) is 5.67. The topological polar surface area (TPSA) is 55.6 Å². The van der Waals surface area contributed by atoms with E-state index in [1.165, 1.54) is 0 Å². The van der Waals surface area contributed by atoms with Gasteiger partial charge in [-0.2, -0.15) is 5.10 Å². The molecule has 0 radical (unpaired) electrons. The highest BCUT2D eigenvalue weighted by Crippen LogP contribution is 2.24. The van der Waals surface area contributed by atoms with Crippen LogP contribution in [0.2, 0.25) is 0 Å². The van der Waals surface area contributed by atoms with Crippen LogP contribution in [-0.2, 0) is 7.05 Å². The Hall–Kier alpha value is -3.47. The first-order valence-electron chi connectivity index (χ1n) is 8.03. The number of nitrogens with zero attached hydrogens (tertiary/aromatic N) is 4. The van der Waals surface area contributed by atoms with Crippen LogP contribution in [0.5, 0.6) is 0 Å². The van der Waals surface area contributed by atoms with Gasteiger partial charge < -0.3 is 5.32 Å². The summed E-state index contributed by atoms with van der Waals surface area (Å²) >= 11 is 0. The fourth-order valence-corrected chi connectivity index (χ4v) is 2.72. The van der Waals surface area contributed by atoms with Crippen molar-refractivity contribution in [1.82, 2.24) is 19.7 Å². The third kappa shape index (κ3) is 3.26. The van der Waals surface area contributed by atoms with Crippen molar-refractivity contribution in [3.8, 4) is 22.5 Å². The Kier molecular flexibility index (Phi) is 3.96. The lowest BCUT2D eigenvalue weighted by Crippen LogP contribution is -1.97. The van der Waals surface area contributed by atoms with Gasteiger partial charge in [0.15, 0.2) is 5.82 Å². The number of hydrogen-bond acceptors (Lipinski definition) is 4. The maximum atomic E-state index is 4.51. The highest BCUT2D eigenvalue weighted by molar-refractivity contribution is 5.69. The molecule has 4 aromatic rings. The largest absolute Gasteiger partial charge is 0.323 e. The van der Waals surface area contributed by atoms with Gasteiger partial charge in [-0.05, 0) is 35.4 Å². The second-order valence-electron chi connectivity index (χ2n) is 5.67. The molecule has 0 aliphatic rings. The highest BCUT2D eigenvalue weighted by Gasteiger charge is 2.09. The first kappa shape index (κ1) is 15.1. The van der Waals surface area contributed by atoms with Gasteiger partial charge in [0.05, 0.1) is 11.4 Å². The van der Waals surface area contributed by atoms with Gasteiger partial charge >= 0.3 is 0 Å². The lowest BCUT2D eigenvalue weighted by molar-refractivity contribution is 0.776. The van der Waals surface area contributed by atoms with E-state index < -0.39 is 0 Å². The van der Waals surface area contributed by atoms with Crippen molar-refractivity contribution in [3.63, 3.8) is 0 Å². The molecule has 0 saturated heterocycles. The normalized spacial score (nSPS) is 10.6. The van der Waals surface area contributed by atoms with Crippen LogP contribution in [0, 0.1) is 0 Å². The maximum absolute atomic E-state index is 4.51. The van der Waals surface area contributed by atoms with Crippen molar-refractivity contribution in [2.45, 2.75) is 0 Å². The maximum Gasteiger partial charge on any atom is 0.154 e. The summed E-state index contributed by atoms with van der Waals surface area (Å²) in [4.78, 5) is 8.78. The van der Waals surface area contributed by atoms with Gasteiger partial charge in [0.2, 0.25) is 0 Å². The molecule has 0 amide bonds. The number of rotatable bonds is 4. The Labute approximate surface area is 146 Å². The molecule has 4 rings (SSSR count). The van der Waals surface area contributed by atoms with Gasteiger partial charge in [-0.25, -0.2) is 4.98 Å². The van der Waals surface area contributed by atoms with Crippen molar-refractivity contribution in [1.29, 1.82) is 0 Å². The molecule has 25 heavy (non-hydrogen) atoms. The zero-order chi connectivity index (χ0) is 17.1. The van der Waals surface area contributed by atoms with Crippen LogP contribution < -0.4 is 5.32 Å². The Morgan fingerprint density at radius 3 is 2.40 bits per heavy atom. The van der Waals surface area contributed by atoms with E-state index in [0.29, 0.717) is 0 Å². The van der Waals surface area contributed by atoms with E-state index in [-0.39, 0.29) is 0 Å². The molecule has 0 spiro atoms. The Morgan fingerprint density at radius 2 is 1.60 bits per heavy atom. The van der Waals surface area contributed by atoms with Crippen molar-refractivity contribution in [2.24, 2.45) is 7.05 Å². The summed E-state index contributed by atoms with van der Waals surface area (Å²) < 4.78 is 1.81. The predicted molar refractivity (Wildman–Crippen MR) is 99.4 cm³/mol. The van der Waals surface area contributed by atoms with Gasteiger partial charge in [0, 0.05) is 25.5 Å². The molecule has 3 aromatic heterocycles. The van der Waals surface area contributed by atoms with Crippen LogP contribution in [-0.4, -0.2) is 19.7 Å². The minimum Gasteiger partial charge on any atom is -0.323 e. The molecule has 0 bridgehead atoms. The first-order valence-corrected chi connectivity index (χ1v) is 8.03. The lowest BCUT2D eigenvalue weighted by atomic mass is 10.1. The smallest absolute Gasteiger partial charge is 0.154 e. The van der Waals surface area contributed by atoms with E-state index in [0.717, 1.165) is 34.2 Å². The summed E-state index contributed by atoms with van der Waals surface area (Å²) in [6, 6.07) is 22.1. The predicted octanol–water partition coefficient (Wildman–Crippen LogP) is 4.29. The number of benzene rings is 1. The Morgan fingerprint density at radius 1 is 0.760 bits per heavy atom. The molecule has 0 fully saturated rings. The van der Waals surface area contributed by atoms with Gasteiger partial charge in [-0.3, -0.25) is 9.67 Å². The zero-order valence-corrected chi connectivity index (χ0v) is 13.8. The van der Waals surface area contributed by atoms with Crippen LogP contribution in [0.25, 0.3) is 22.5 Å². The summed E-state index contributed by atoms with van der Waals surface area (Å²) in [6.07, 6.45) is 3.58. The lowest BCUT2D eigenvalue weighted by Gasteiger charge is -2.05. The molecular formula is C20H17N5. The fourth-order valence-electron chi connectivity index (χ4n) is 2.72. The molecule has 5 heteroatoms. The Balaban J connectivity index is 1.61. The van der Waals surface area contributed by atoms with Crippen molar-refractivity contribution >= 4 is 11.6 Å². The van der Waals surface area contributed by atoms with Gasteiger partial charge in [0.25, 0.3) is 0 Å². The SMILES string of the molecule is Cn1nc(Nc2cc(-c3ccccc3)ccn2)cc1-c1ccccn1. The van der Waals surface area contributed by atoms with E-state index in [9.17, 15) is 0 Å². The van der Waals surface area contributed by atoms with E-state index in [2.05, 4.69) is 32.5 Å². The van der Waals surface area contributed by atoms with E-state index in [1.807, 2.05) is 66.3 Å². The van der Waals surface area contributed by atoms with Crippen LogP contribution in [0.4, 0.5) is 11.6 Å². The molecule has 3 heterocycles. The monoisotopic (exact) mass is 327 g/mol. The molecule has 0 unspecified atom stereocenters. The minimum absolute atomic E-state index is 0.737. The number of anilines is 2. The summed E-state index contributed by atoms with van der Waals surface area (Å²) in [5.74, 6) is 1.49. The van der Waals surface area contributed by atoms with Crippen LogP contribution in [0.15, 0.2) is 79.1 Å². The summed E-state index contributed by atoms with van der Waals surface area (Å²) in [6.45, 7) is 0. The molecule has 0 aliphatic heterocycles. The molecule has 1 N–H and O–H groups in total. The standard InChI is InChI=1S/C20H17N5/c1-25-18(17-9-5-6-11-21-17)14-20(24-25)23-19-13-16(10-12-22-19)15-7-3-2-4-8-15/h2-14H,1H3,(H,22,23,24). The van der Waals surface area contributed by atoms with E-state index in [4.69, 9.17) is 0 Å². The average molecular weight is 327 g/mol.